The van der Waals surface area contributed by atoms with Crippen LogP contribution < -0.4 is 0 Å². The fourth-order valence-electron chi connectivity index (χ4n) is 2.23. The molecule has 1 atom stereocenters. The summed E-state index contributed by atoms with van der Waals surface area (Å²) in [5.74, 6) is 0. The summed E-state index contributed by atoms with van der Waals surface area (Å²) in [7, 11) is 5.96. The number of hydrogen-bond acceptors (Lipinski definition) is 3. The second kappa shape index (κ2) is 11.0. The highest BCUT2D eigenvalue weighted by Crippen LogP contribution is 2.21. The zero-order chi connectivity index (χ0) is 13.9. The maximum Gasteiger partial charge on any atom is 0.165 e. The van der Waals surface area contributed by atoms with Gasteiger partial charge in [0.1, 0.15) is 6.10 Å². The lowest BCUT2D eigenvalue weighted by Gasteiger charge is -2.34. The van der Waals surface area contributed by atoms with Crippen molar-refractivity contribution in [2.24, 2.45) is 0 Å². The second-order valence-electron chi connectivity index (χ2n) is 5.06. The van der Waals surface area contributed by atoms with E-state index < -0.39 is 5.41 Å². The molecule has 0 aromatic rings. The van der Waals surface area contributed by atoms with E-state index in [1.165, 1.54) is 44.9 Å². The maximum atomic E-state index is 5.53. The van der Waals surface area contributed by atoms with E-state index in [0.29, 0.717) is 0 Å². The number of rotatable bonds is 12. The van der Waals surface area contributed by atoms with Gasteiger partial charge in [0.2, 0.25) is 0 Å². The van der Waals surface area contributed by atoms with Crippen molar-refractivity contribution in [3.05, 3.63) is 0 Å². The van der Waals surface area contributed by atoms with Crippen LogP contribution in [0.4, 0.5) is 0 Å². The molecule has 0 heterocycles. The zero-order valence-corrected chi connectivity index (χ0v) is 15.0. The fourth-order valence-corrected chi connectivity index (χ4v) is 2.75. The molecular formula is C14H32O3Si. The van der Waals surface area contributed by atoms with E-state index in [9.17, 15) is 0 Å². The molecule has 0 bridgehead atoms. The Morgan fingerprint density at radius 3 is 1.83 bits per heavy atom. The molecule has 0 aliphatic rings. The minimum Gasteiger partial charge on any atom is -0.376 e. The summed E-state index contributed by atoms with van der Waals surface area (Å²) >= 11 is 0. The van der Waals surface area contributed by atoms with Gasteiger partial charge in [-0.05, 0) is 6.42 Å². The Kier molecular flexibility index (Phi) is 11.0. The lowest BCUT2D eigenvalue weighted by atomic mass is 10.1. The highest BCUT2D eigenvalue weighted by atomic mass is 28.1. The Morgan fingerprint density at radius 2 is 1.39 bits per heavy atom. The standard InChI is InChI=1S/C14H32O3Si/c1-5-6-7-8-9-10-11-12-13(15-2)14(18,16-3)17-4/h13H,5-12H2,1-4,18H3. The molecule has 0 amide bonds. The first kappa shape index (κ1) is 18.1. The van der Waals surface area contributed by atoms with Crippen LogP contribution in [0.25, 0.3) is 0 Å². The van der Waals surface area contributed by atoms with Crippen LogP contribution in [0.3, 0.4) is 0 Å². The van der Waals surface area contributed by atoms with Gasteiger partial charge in [0, 0.05) is 21.3 Å². The first-order valence-corrected chi connectivity index (χ1v) is 8.27. The normalized spacial score (nSPS) is 14.0. The summed E-state index contributed by atoms with van der Waals surface area (Å²) in [5.41, 5.74) is -0.489. The molecule has 3 nitrogen and oxygen atoms in total. The third-order valence-electron chi connectivity index (χ3n) is 3.75. The molecule has 0 saturated heterocycles. The SMILES string of the molecule is CCCCCCCCCC(OC)C([SiH3])(OC)OC. The number of ether oxygens (including phenoxy) is 3. The zero-order valence-electron chi connectivity index (χ0n) is 13.0. The monoisotopic (exact) mass is 276 g/mol. The third-order valence-corrected chi connectivity index (χ3v) is 5.21. The highest BCUT2D eigenvalue weighted by Gasteiger charge is 2.33. The van der Waals surface area contributed by atoms with Gasteiger partial charge < -0.3 is 14.2 Å². The van der Waals surface area contributed by atoms with E-state index in [0.717, 1.165) is 16.7 Å². The minimum atomic E-state index is -0.489. The summed E-state index contributed by atoms with van der Waals surface area (Å²) in [5, 5.41) is 0. The van der Waals surface area contributed by atoms with Crippen molar-refractivity contribution in [1.82, 2.24) is 0 Å². The molecule has 0 fully saturated rings. The largest absolute Gasteiger partial charge is 0.376 e. The first-order chi connectivity index (χ1) is 8.64. The lowest BCUT2D eigenvalue weighted by Crippen LogP contribution is -2.47. The van der Waals surface area contributed by atoms with E-state index >= 15 is 0 Å². The Labute approximate surface area is 116 Å². The van der Waals surface area contributed by atoms with Crippen molar-refractivity contribution in [3.63, 3.8) is 0 Å². The Morgan fingerprint density at radius 1 is 0.889 bits per heavy atom. The van der Waals surface area contributed by atoms with Gasteiger partial charge in [0.25, 0.3) is 0 Å². The van der Waals surface area contributed by atoms with Crippen LogP contribution in [0.15, 0.2) is 0 Å². The van der Waals surface area contributed by atoms with E-state index in [1.807, 2.05) is 0 Å². The van der Waals surface area contributed by atoms with Crippen LogP contribution in [0.5, 0.6) is 0 Å². The molecule has 0 N–H and O–H groups in total. The molecule has 0 spiro atoms. The molecule has 0 saturated carbocycles. The fraction of sp³-hybridized carbons (Fsp3) is 1.00. The number of unbranched alkanes of at least 4 members (excludes halogenated alkanes) is 6. The Hall–Kier alpha value is 0.0969. The van der Waals surface area contributed by atoms with Gasteiger partial charge in [-0.3, -0.25) is 0 Å². The van der Waals surface area contributed by atoms with E-state index in [2.05, 4.69) is 6.92 Å². The Balaban J connectivity index is 3.74. The van der Waals surface area contributed by atoms with Gasteiger partial charge in [-0.25, -0.2) is 0 Å². The lowest BCUT2D eigenvalue weighted by molar-refractivity contribution is -0.209. The minimum absolute atomic E-state index is 0.0646. The van der Waals surface area contributed by atoms with E-state index in [-0.39, 0.29) is 6.10 Å². The van der Waals surface area contributed by atoms with Gasteiger partial charge in [-0.2, -0.15) is 0 Å². The van der Waals surface area contributed by atoms with E-state index in [1.54, 1.807) is 21.3 Å². The van der Waals surface area contributed by atoms with Crippen molar-refractivity contribution < 1.29 is 14.2 Å². The predicted molar refractivity (Wildman–Crippen MR) is 80.1 cm³/mol. The second-order valence-corrected chi connectivity index (χ2v) is 6.45. The van der Waals surface area contributed by atoms with Crippen molar-refractivity contribution in [2.75, 3.05) is 21.3 Å². The average Bonchev–Trinajstić information content (AvgIpc) is 2.41. The van der Waals surface area contributed by atoms with Crippen LogP contribution in [-0.2, 0) is 14.2 Å². The molecule has 1 unspecified atom stereocenters. The summed E-state index contributed by atoms with van der Waals surface area (Å²) in [4.78, 5) is 0. The summed E-state index contributed by atoms with van der Waals surface area (Å²) < 4.78 is 16.5. The number of methoxy groups -OCH3 is 3. The van der Waals surface area contributed by atoms with Crippen LogP contribution in [0.2, 0.25) is 0 Å². The van der Waals surface area contributed by atoms with Gasteiger partial charge in [0.15, 0.2) is 5.41 Å². The van der Waals surface area contributed by atoms with Gasteiger partial charge in [0.05, 0.1) is 10.2 Å². The summed E-state index contributed by atoms with van der Waals surface area (Å²) in [6.45, 7) is 2.25. The molecule has 0 aliphatic heterocycles. The third kappa shape index (κ3) is 6.88. The Bertz CT molecular complexity index is 184. The molecular weight excluding hydrogens is 244 g/mol. The quantitative estimate of drug-likeness (QED) is 0.311. The summed E-state index contributed by atoms with van der Waals surface area (Å²) in [6.07, 6.45) is 10.3. The first-order valence-electron chi connectivity index (χ1n) is 7.27. The van der Waals surface area contributed by atoms with Crippen molar-refractivity contribution in [3.8, 4) is 0 Å². The van der Waals surface area contributed by atoms with Crippen LogP contribution >= 0.6 is 0 Å². The molecule has 0 aromatic carbocycles. The average molecular weight is 276 g/mol. The smallest absolute Gasteiger partial charge is 0.165 e. The molecule has 0 aliphatic carbocycles. The van der Waals surface area contributed by atoms with Crippen molar-refractivity contribution in [2.45, 2.75) is 69.8 Å². The van der Waals surface area contributed by atoms with Gasteiger partial charge in [-0.15, -0.1) is 0 Å². The molecule has 18 heavy (non-hydrogen) atoms. The molecule has 0 radical (unpaired) electrons. The van der Waals surface area contributed by atoms with Crippen LogP contribution in [-0.4, -0.2) is 43.1 Å². The van der Waals surface area contributed by atoms with E-state index in [4.69, 9.17) is 14.2 Å². The van der Waals surface area contributed by atoms with Crippen LogP contribution in [0, 0.1) is 0 Å². The molecule has 110 valence electrons. The number of hydrogen-bond donors (Lipinski definition) is 0. The summed E-state index contributed by atoms with van der Waals surface area (Å²) in [6, 6.07) is 0. The maximum absolute atomic E-state index is 5.53. The van der Waals surface area contributed by atoms with Crippen LogP contribution in [0.1, 0.15) is 58.3 Å². The highest BCUT2D eigenvalue weighted by molar-refractivity contribution is 6.13. The molecule has 4 heteroatoms. The molecule has 0 rings (SSSR count). The predicted octanol–water partition coefficient (Wildman–Crippen LogP) is 2.45. The topological polar surface area (TPSA) is 27.7 Å². The van der Waals surface area contributed by atoms with Gasteiger partial charge in [-0.1, -0.05) is 51.9 Å². The molecule has 0 aromatic heterocycles. The van der Waals surface area contributed by atoms with Crippen molar-refractivity contribution >= 4 is 10.2 Å². The van der Waals surface area contributed by atoms with Crippen molar-refractivity contribution in [1.29, 1.82) is 0 Å². The van der Waals surface area contributed by atoms with Gasteiger partial charge >= 0.3 is 0 Å².